The molecule has 0 aliphatic rings. The van der Waals surface area contributed by atoms with Crippen molar-refractivity contribution in [1.82, 2.24) is 0 Å². The standard InChI is InChI=1S/C16H15F3O2/c1-2-3-11-10-14(8-9-15(11)20)21-13-6-4-12(5-7-13)16(17,18)19/h4-10,20H,2-3H2,1H3. The van der Waals surface area contributed by atoms with Gasteiger partial charge in [-0.1, -0.05) is 13.3 Å². The number of hydrogen-bond donors (Lipinski definition) is 1. The Hall–Kier alpha value is -2.17. The maximum Gasteiger partial charge on any atom is 0.416 e. The Morgan fingerprint density at radius 3 is 2.19 bits per heavy atom. The van der Waals surface area contributed by atoms with Gasteiger partial charge >= 0.3 is 6.18 Å². The van der Waals surface area contributed by atoms with Gasteiger partial charge in [0.05, 0.1) is 5.56 Å². The second kappa shape index (κ2) is 6.08. The second-order valence-corrected chi connectivity index (χ2v) is 4.66. The Kier molecular flexibility index (Phi) is 4.40. The molecule has 112 valence electrons. The molecule has 0 heterocycles. The Morgan fingerprint density at radius 2 is 1.62 bits per heavy atom. The van der Waals surface area contributed by atoms with Gasteiger partial charge in [0.25, 0.3) is 0 Å². The van der Waals surface area contributed by atoms with Crippen LogP contribution >= 0.6 is 0 Å². The van der Waals surface area contributed by atoms with Gasteiger partial charge in [-0.2, -0.15) is 13.2 Å². The molecule has 0 aliphatic carbocycles. The third-order valence-electron chi connectivity index (χ3n) is 2.99. The van der Waals surface area contributed by atoms with Crippen LogP contribution in [0.5, 0.6) is 17.2 Å². The van der Waals surface area contributed by atoms with Crippen molar-refractivity contribution in [1.29, 1.82) is 0 Å². The largest absolute Gasteiger partial charge is 0.508 e. The van der Waals surface area contributed by atoms with E-state index in [4.69, 9.17) is 4.74 Å². The van der Waals surface area contributed by atoms with Crippen LogP contribution in [0.1, 0.15) is 24.5 Å². The monoisotopic (exact) mass is 296 g/mol. The summed E-state index contributed by atoms with van der Waals surface area (Å²) in [7, 11) is 0. The molecular formula is C16H15F3O2. The van der Waals surface area contributed by atoms with Crippen molar-refractivity contribution in [3.63, 3.8) is 0 Å². The number of benzene rings is 2. The zero-order valence-electron chi connectivity index (χ0n) is 11.4. The second-order valence-electron chi connectivity index (χ2n) is 4.66. The zero-order valence-corrected chi connectivity index (χ0v) is 11.4. The summed E-state index contributed by atoms with van der Waals surface area (Å²) in [6.45, 7) is 1.99. The molecule has 21 heavy (non-hydrogen) atoms. The third-order valence-corrected chi connectivity index (χ3v) is 2.99. The quantitative estimate of drug-likeness (QED) is 0.844. The molecular weight excluding hydrogens is 281 g/mol. The van der Waals surface area contributed by atoms with E-state index in [1.165, 1.54) is 18.2 Å². The first-order valence-corrected chi connectivity index (χ1v) is 6.57. The molecule has 2 rings (SSSR count). The molecule has 0 fully saturated rings. The fourth-order valence-corrected chi connectivity index (χ4v) is 1.94. The first-order chi connectivity index (χ1) is 9.90. The van der Waals surface area contributed by atoms with Crippen LogP contribution in [0, 0.1) is 0 Å². The van der Waals surface area contributed by atoms with E-state index in [2.05, 4.69) is 0 Å². The van der Waals surface area contributed by atoms with Crippen LogP contribution in [0.2, 0.25) is 0 Å². The minimum atomic E-state index is -4.36. The molecule has 0 bridgehead atoms. The molecule has 2 nitrogen and oxygen atoms in total. The molecule has 0 saturated carbocycles. The molecule has 0 unspecified atom stereocenters. The van der Waals surface area contributed by atoms with E-state index in [9.17, 15) is 18.3 Å². The van der Waals surface area contributed by atoms with Gasteiger partial charge < -0.3 is 9.84 Å². The van der Waals surface area contributed by atoms with Crippen molar-refractivity contribution in [2.45, 2.75) is 25.9 Å². The van der Waals surface area contributed by atoms with Gasteiger partial charge in [-0.05, 0) is 54.4 Å². The molecule has 0 spiro atoms. The summed E-state index contributed by atoms with van der Waals surface area (Å²) in [5.41, 5.74) is 0.0362. The molecule has 5 heteroatoms. The lowest BCUT2D eigenvalue weighted by Crippen LogP contribution is -2.03. The van der Waals surface area contributed by atoms with E-state index in [0.717, 1.165) is 24.1 Å². The fourth-order valence-electron chi connectivity index (χ4n) is 1.94. The highest BCUT2D eigenvalue weighted by molar-refractivity contribution is 5.41. The first-order valence-electron chi connectivity index (χ1n) is 6.57. The molecule has 0 amide bonds. The summed E-state index contributed by atoms with van der Waals surface area (Å²) in [5, 5.41) is 9.68. The first kappa shape index (κ1) is 15.2. The average molecular weight is 296 g/mol. The topological polar surface area (TPSA) is 29.5 Å². The Morgan fingerprint density at radius 1 is 1.00 bits per heavy atom. The Balaban J connectivity index is 2.16. The van der Waals surface area contributed by atoms with Gasteiger partial charge in [0, 0.05) is 0 Å². The van der Waals surface area contributed by atoms with Gasteiger partial charge in [0.15, 0.2) is 0 Å². The summed E-state index contributed by atoms with van der Waals surface area (Å²) in [6.07, 6.45) is -2.78. The summed E-state index contributed by atoms with van der Waals surface area (Å²) in [5.74, 6) is 0.990. The highest BCUT2D eigenvalue weighted by Gasteiger charge is 2.30. The minimum Gasteiger partial charge on any atom is -0.508 e. The summed E-state index contributed by atoms with van der Waals surface area (Å²) in [4.78, 5) is 0. The number of halogens is 3. The highest BCUT2D eigenvalue weighted by Crippen LogP contribution is 2.32. The van der Waals surface area contributed by atoms with Crippen LogP contribution in [-0.4, -0.2) is 5.11 Å². The number of ether oxygens (including phenoxy) is 1. The van der Waals surface area contributed by atoms with E-state index in [0.29, 0.717) is 17.9 Å². The smallest absolute Gasteiger partial charge is 0.416 e. The van der Waals surface area contributed by atoms with E-state index in [1.54, 1.807) is 12.1 Å². The predicted molar refractivity (Wildman–Crippen MR) is 73.6 cm³/mol. The SMILES string of the molecule is CCCc1cc(Oc2ccc(C(F)(F)F)cc2)ccc1O. The van der Waals surface area contributed by atoms with Gasteiger partial charge in [-0.3, -0.25) is 0 Å². The number of hydrogen-bond acceptors (Lipinski definition) is 2. The Bertz CT molecular complexity index is 604. The molecule has 0 saturated heterocycles. The lowest BCUT2D eigenvalue weighted by atomic mass is 10.1. The van der Waals surface area contributed by atoms with Crippen molar-refractivity contribution >= 4 is 0 Å². The maximum atomic E-state index is 12.5. The summed E-state index contributed by atoms with van der Waals surface area (Å²) >= 11 is 0. The van der Waals surface area contributed by atoms with E-state index < -0.39 is 11.7 Å². The maximum absolute atomic E-state index is 12.5. The van der Waals surface area contributed by atoms with Crippen molar-refractivity contribution in [2.24, 2.45) is 0 Å². The van der Waals surface area contributed by atoms with Gasteiger partial charge in [0.1, 0.15) is 17.2 Å². The number of aryl methyl sites for hydroxylation is 1. The minimum absolute atomic E-state index is 0.191. The van der Waals surface area contributed by atoms with Crippen LogP contribution in [0.4, 0.5) is 13.2 Å². The van der Waals surface area contributed by atoms with Crippen molar-refractivity contribution in [3.05, 3.63) is 53.6 Å². The number of aromatic hydroxyl groups is 1. The molecule has 2 aromatic rings. The molecule has 2 aromatic carbocycles. The molecule has 0 aliphatic heterocycles. The van der Waals surface area contributed by atoms with Gasteiger partial charge in [-0.15, -0.1) is 0 Å². The average Bonchev–Trinajstić information content (AvgIpc) is 2.42. The van der Waals surface area contributed by atoms with Gasteiger partial charge in [-0.25, -0.2) is 0 Å². The molecule has 0 radical (unpaired) electrons. The van der Waals surface area contributed by atoms with Gasteiger partial charge in [0.2, 0.25) is 0 Å². The van der Waals surface area contributed by atoms with Crippen LogP contribution in [0.15, 0.2) is 42.5 Å². The molecule has 0 aromatic heterocycles. The Labute approximate surface area is 120 Å². The fraction of sp³-hybridized carbons (Fsp3) is 0.250. The number of phenols is 1. The van der Waals surface area contributed by atoms with Crippen LogP contribution < -0.4 is 4.74 Å². The number of phenolic OH excluding ortho intramolecular Hbond substituents is 1. The third kappa shape index (κ3) is 3.90. The zero-order chi connectivity index (χ0) is 15.5. The van der Waals surface area contributed by atoms with Crippen LogP contribution in [-0.2, 0) is 12.6 Å². The van der Waals surface area contributed by atoms with Crippen molar-refractivity contribution < 1.29 is 23.0 Å². The predicted octanol–water partition coefficient (Wildman–Crippen LogP) is 5.16. The normalized spacial score (nSPS) is 11.4. The lowest BCUT2D eigenvalue weighted by molar-refractivity contribution is -0.137. The number of rotatable bonds is 4. The van der Waals surface area contributed by atoms with E-state index in [-0.39, 0.29) is 5.75 Å². The van der Waals surface area contributed by atoms with Crippen molar-refractivity contribution in [3.8, 4) is 17.2 Å². The van der Waals surface area contributed by atoms with Crippen LogP contribution in [0.3, 0.4) is 0 Å². The molecule has 1 N–H and O–H groups in total. The summed E-state index contributed by atoms with van der Waals surface area (Å²) in [6, 6.07) is 9.28. The highest BCUT2D eigenvalue weighted by atomic mass is 19.4. The lowest BCUT2D eigenvalue weighted by Gasteiger charge is -2.10. The van der Waals surface area contributed by atoms with E-state index in [1.807, 2.05) is 6.92 Å². The number of alkyl halides is 3. The van der Waals surface area contributed by atoms with Crippen LogP contribution in [0.25, 0.3) is 0 Å². The van der Waals surface area contributed by atoms with Crippen molar-refractivity contribution in [2.75, 3.05) is 0 Å². The summed E-state index contributed by atoms with van der Waals surface area (Å²) < 4.78 is 42.9. The molecule has 0 atom stereocenters. The van der Waals surface area contributed by atoms with E-state index >= 15 is 0 Å².